The van der Waals surface area contributed by atoms with E-state index in [2.05, 4.69) is 10.3 Å². The van der Waals surface area contributed by atoms with Gasteiger partial charge in [0, 0.05) is 12.2 Å². The van der Waals surface area contributed by atoms with Crippen molar-refractivity contribution in [1.29, 1.82) is 0 Å². The molecule has 0 aliphatic heterocycles. The summed E-state index contributed by atoms with van der Waals surface area (Å²) in [4.78, 5) is 30.1. The van der Waals surface area contributed by atoms with Gasteiger partial charge >= 0.3 is 0 Å². The highest BCUT2D eigenvalue weighted by atomic mass is 32.1. The highest BCUT2D eigenvalue weighted by Gasteiger charge is 2.15. The molecule has 0 aliphatic carbocycles. The van der Waals surface area contributed by atoms with Crippen LogP contribution >= 0.6 is 11.3 Å². The second kappa shape index (κ2) is 5.29. The van der Waals surface area contributed by atoms with Crippen LogP contribution in [0.3, 0.4) is 0 Å². The van der Waals surface area contributed by atoms with E-state index in [1.54, 1.807) is 24.4 Å². The van der Waals surface area contributed by atoms with Gasteiger partial charge in [0.2, 0.25) is 0 Å². The number of amides is 1. The Kier molecular flexibility index (Phi) is 3.47. The maximum absolute atomic E-state index is 12.4. The van der Waals surface area contributed by atoms with Crippen LogP contribution in [0, 0.1) is 0 Å². The lowest BCUT2D eigenvalue weighted by Gasteiger charge is -2.09. The van der Waals surface area contributed by atoms with Gasteiger partial charge in [0.15, 0.2) is 0 Å². The van der Waals surface area contributed by atoms with Crippen molar-refractivity contribution in [3.05, 3.63) is 45.7 Å². The first-order chi connectivity index (χ1) is 10.1. The number of hydrogen-bond donors (Lipinski definition) is 1. The molecular formula is C15H15N3O2S. The van der Waals surface area contributed by atoms with Gasteiger partial charge in [0.05, 0.1) is 10.3 Å². The number of fused-ring (bicyclic) bond motifs is 2. The number of aromatic nitrogens is 2. The lowest BCUT2D eigenvalue weighted by molar-refractivity contribution is 0.0943. The summed E-state index contributed by atoms with van der Waals surface area (Å²) in [5, 5.41) is 3.39. The minimum absolute atomic E-state index is 0.107. The molecule has 6 heteroatoms. The molecule has 0 saturated heterocycles. The van der Waals surface area contributed by atoms with Crippen LogP contribution < -0.4 is 10.9 Å². The maximum atomic E-state index is 12.4. The van der Waals surface area contributed by atoms with Crippen LogP contribution in [0.25, 0.3) is 15.9 Å². The first-order valence-electron chi connectivity index (χ1n) is 6.82. The van der Waals surface area contributed by atoms with E-state index in [0.717, 1.165) is 6.42 Å². The Balaban J connectivity index is 2.12. The van der Waals surface area contributed by atoms with E-state index in [1.165, 1.54) is 15.7 Å². The third-order valence-electron chi connectivity index (χ3n) is 3.43. The number of nitrogens with one attached hydrogen (secondary N) is 1. The van der Waals surface area contributed by atoms with Crippen LogP contribution in [0.4, 0.5) is 0 Å². The molecule has 108 valence electrons. The zero-order chi connectivity index (χ0) is 15.0. The van der Waals surface area contributed by atoms with Crippen molar-refractivity contribution in [2.75, 3.05) is 0 Å². The fourth-order valence-electron chi connectivity index (χ4n) is 2.06. The Bertz CT molecular complexity index is 881. The fourth-order valence-corrected chi connectivity index (χ4v) is 2.99. The van der Waals surface area contributed by atoms with E-state index >= 15 is 0 Å². The van der Waals surface area contributed by atoms with E-state index in [-0.39, 0.29) is 17.5 Å². The van der Waals surface area contributed by atoms with Crippen molar-refractivity contribution in [2.24, 2.45) is 0 Å². The van der Waals surface area contributed by atoms with Crippen molar-refractivity contribution in [3.8, 4) is 0 Å². The summed E-state index contributed by atoms with van der Waals surface area (Å²) in [6.07, 6.45) is 2.54. The Hall–Kier alpha value is -2.21. The third kappa shape index (κ3) is 2.42. The van der Waals surface area contributed by atoms with Crippen LogP contribution in [0.5, 0.6) is 0 Å². The Morgan fingerprint density at radius 1 is 1.48 bits per heavy atom. The summed E-state index contributed by atoms with van der Waals surface area (Å²) >= 11 is 1.25. The van der Waals surface area contributed by atoms with E-state index < -0.39 is 0 Å². The molecular weight excluding hydrogens is 286 g/mol. The van der Waals surface area contributed by atoms with Gasteiger partial charge in [-0.15, -0.1) is 11.3 Å². The minimum atomic E-state index is -0.152. The van der Waals surface area contributed by atoms with Gasteiger partial charge in [-0.05, 0) is 31.5 Å². The molecule has 1 amide bonds. The third-order valence-corrected chi connectivity index (χ3v) is 4.46. The van der Waals surface area contributed by atoms with Gasteiger partial charge in [-0.2, -0.15) is 0 Å². The summed E-state index contributed by atoms with van der Waals surface area (Å²) in [6.45, 7) is 3.96. The van der Waals surface area contributed by atoms with E-state index in [0.29, 0.717) is 20.7 Å². The van der Waals surface area contributed by atoms with Crippen molar-refractivity contribution in [3.63, 3.8) is 0 Å². The van der Waals surface area contributed by atoms with Gasteiger partial charge in [-0.3, -0.25) is 14.0 Å². The first-order valence-corrected chi connectivity index (χ1v) is 7.63. The smallest absolute Gasteiger partial charge is 0.266 e. The molecule has 1 atom stereocenters. The molecule has 3 aromatic heterocycles. The highest BCUT2D eigenvalue weighted by molar-refractivity contribution is 7.20. The predicted molar refractivity (Wildman–Crippen MR) is 84.1 cm³/mol. The van der Waals surface area contributed by atoms with Crippen LogP contribution in [0.2, 0.25) is 0 Å². The molecule has 3 rings (SSSR count). The highest BCUT2D eigenvalue weighted by Crippen LogP contribution is 2.22. The molecule has 1 N–H and O–H groups in total. The number of carbonyl (C=O) groups excluding carboxylic acids is 1. The van der Waals surface area contributed by atoms with E-state index in [9.17, 15) is 9.59 Å². The molecule has 0 aliphatic rings. The molecule has 3 aromatic rings. The average molecular weight is 301 g/mol. The molecule has 5 nitrogen and oxygen atoms in total. The van der Waals surface area contributed by atoms with Gasteiger partial charge in [-0.1, -0.05) is 13.0 Å². The SMILES string of the molecule is CC[C@H](C)NC(=O)c1cc2c(=O)n3ccccc3nc2s1. The largest absolute Gasteiger partial charge is 0.349 e. The quantitative estimate of drug-likeness (QED) is 0.808. The summed E-state index contributed by atoms with van der Waals surface area (Å²) in [7, 11) is 0. The molecule has 3 heterocycles. The lowest BCUT2D eigenvalue weighted by atomic mass is 10.2. The number of hydrogen-bond acceptors (Lipinski definition) is 4. The second-order valence-electron chi connectivity index (χ2n) is 4.96. The fraction of sp³-hybridized carbons (Fsp3) is 0.267. The number of carbonyl (C=O) groups is 1. The average Bonchev–Trinajstić information content (AvgIpc) is 2.91. The van der Waals surface area contributed by atoms with Crippen molar-refractivity contribution < 1.29 is 4.79 Å². The Labute approximate surface area is 125 Å². The normalized spacial score (nSPS) is 12.7. The summed E-state index contributed by atoms with van der Waals surface area (Å²) in [5.41, 5.74) is 0.445. The van der Waals surface area contributed by atoms with Crippen molar-refractivity contribution in [2.45, 2.75) is 26.3 Å². The number of thiophene rings is 1. The van der Waals surface area contributed by atoms with E-state index in [1.807, 2.05) is 19.9 Å². The topological polar surface area (TPSA) is 63.5 Å². The number of pyridine rings is 1. The molecule has 0 spiro atoms. The second-order valence-corrected chi connectivity index (χ2v) is 5.99. The Morgan fingerprint density at radius 2 is 2.29 bits per heavy atom. The monoisotopic (exact) mass is 301 g/mol. The molecule has 0 radical (unpaired) electrons. The standard InChI is InChI=1S/C15H15N3O2S/c1-3-9(2)16-13(19)11-8-10-14(21-11)17-12-6-4-5-7-18(12)15(10)20/h4-9H,3H2,1-2H3,(H,16,19)/t9-/m0/s1. The molecule has 0 unspecified atom stereocenters. The Morgan fingerprint density at radius 3 is 3.05 bits per heavy atom. The molecule has 21 heavy (non-hydrogen) atoms. The van der Waals surface area contributed by atoms with Gasteiger partial charge in [-0.25, -0.2) is 4.98 Å². The van der Waals surface area contributed by atoms with Crippen LogP contribution in [0.15, 0.2) is 35.3 Å². The predicted octanol–water partition coefficient (Wildman–Crippen LogP) is 2.44. The molecule has 0 bridgehead atoms. The van der Waals surface area contributed by atoms with Crippen LogP contribution in [-0.4, -0.2) is 21.3 Å². The summed E-state index contributed by atoms with van der Waals surface area (Å²) < 4.78 is 1.49. The van der Waals surface area contributed by atoms with Gasteiger partial charge < -0.3 is 5.32 Å². The first kappa shape index (κ1) is 13.8. The van der Waals surface area contributed by atoms with Crippen LogP contribution in [-0.2, 0) is 0 Å². The lowest BCUT2D eigenvalue weighted by Crippen LogP contribution is -2.31. The summed E-state index contributed by atoms with van der Waals surface area (Å²) in [6, 6.07) is 7.13. The molecule has 0 saturated carbocycles. The zero-order valence-electron chi connectivity index (χ0n) is 11.8. The number of rotatable bonds is 3. The van der Waals surface area contributed by atoms with Gasteiger partial charge in [0.1, 0.15) is 10.5 Å². The maximum Gasteiger partial charge on any atom is 0.266 e. The van der Waals surface area contributed by atoms with Crippen molar-refractivity contribution >= 4 is 33.1 Å². The minimum Gasteiger partial charge on any atom is -0.349 e. The number of nitrogens with zero attached hydrogens (tertiary/aromatic N) is 2. The summed E-state index contributed by atoms with van der Waals surface area (Å²) in [5.74, 6) is -0.152. The zero-order valence-corrected chi connectivity index (χ0v) is 12.6. The van der Waals surface area contributed by atoms with Crippen LogP contribution in [0.1, 0.15) is 29.9 Å². The van der Waals surface area contributed by atoms with Crippen molar-refractivity contribution in [1.82, 2.24) is 14.7 Å². The van der Waals surface area contributed by atoms with Gasteiger partial charge in [0.25, 0.3) is 11.5 Å². The van der Waals surface area contributed by atoms with E-state index in [4.69, 9.17) is 0 Å². The molecule has 0 aromatic carbocycles. The molecule has 0 fully saturated rings.